The summed E-state index contributed by atoms with van der Waals surface area (Å²) < 4.78 is 5.90. The molecule has 5 nitrogen and oxygen atoms in total. The molecule has 24 heavy (non-hydrogen) atoms. The number of aliphatic carboxylic acids is 1. The molecule has 2 heterocycles. The molecule has 2 unspecified atom stereocenters. The van der Waals surface area contributed by atoms with Crippen molar-refractivity contribution in [2.24, 2.45) is 11.3 Å². The second kappa shape index (κ2) is 5.23. The molecule has 0 radical (unpaired) electrons. The molecule has 2 aliphatic heterocycles. The van der Waals surface area contributed by atoms with E-state index in [-0.39, 0.29) is 17.2 Å². The van der Waals surface area contributed by atoms with Gasteiger partial charge in [0.05, 0.1) is 5.92 Å². The van der Waals surface area contributed by atoms with Gasteiger partial charge >= 0.3 is 5.97 Å². The molecule has 1 N–H and O–H groups in total. The van der Waals surface area contributed by atoms with Crippen molar-refractivity contribution in [1.82, 2.24) is 4.90 Å². The number of aryl methyl sites for hydroxylation is 2. The van der Waals surface area contributed by atoms with Gasteiger partial charge in [0.2, 0.25) is 0 Å². The van der Waals surface area contributed by atoms with Crippen molar-refractivity contribution in [3.8, 4) is 5.75 Å². The number of carbonyl (C=O) groups excluding carboxylic acids is 1. The number of fused-ring (bicyclic) bond motifs is 1. The number of carboxylic acids is 1. The second-order valence-electron chi connectivity index (χ2n) is 7.64. The van der Waals surface area contributed by atoms with Crippen LogP contribution in [0.3, 0.4) is 0 Å². The van der Waals surface area contributed by atoms with Gasteiger partial charge in [-0.3, -0.25) is 9.59 Å². The van der Waals surface area contributed by atoms with Gasteiger partial charge in [0, 0.05) is 19.5 Å². The highest BCUT2D eigenvalue weighted by Gasteiger charge is 2.59. The van der Waals surface area contributed by atoms with Crippen molar-refractivity contribution in [2.75, 3.05) is 13.1 Å². The van der Waals surface area contributed by atoms with E-state index in [2.05, 4.69) is 13.0 Å². The highest BCUT2D eigenvalue weighted by Crippen LogP contribution is 2.59. The quantitative estimate of drug-likeness (QED) is 0.904. The number of hydrogen-bond donors (Lipinski definition) is 1. The maximum atomic E-state index is 12.8. The smallest absolute Gasteiger partial charge is 0.307 e. The number of carboxylic acid groups (broad SMARTS) is 1. The van der Waals surface area contributed by atoms with Gasteiger partial charge in [0.25, 0.3) is 5.91 Å². The third-order valence-electron chi connectivity index (χ3n) is 6.19. The SMILES string of the molecule is Cc1cc2c(cc1C)OC(C(=O)N1CCC3(CC1)CC3C(=O)O)C2. The normalized spacial score (nSPS) is 26.8. The van der Waals surface area contributed by atoms with Crippen molar-refractivity contribution < 1.29 is 19.4 Å². The zero-order valence-electron chi connectivity index (χ0n) is 14.2. The molecule has 1 saturated carbocycles. The van der Waals surface area contributed by atoms with E-state index in [1.54, 1.807) is 0 Å². The summed E-state index contributed by atoms with van der Waals surface area (Å²) in [6.07, 6.45) is 2.58. The van der Waals surface area contributed by atoms with Crippen molar-refractivity contribution in [3.05, 3.63) is 28.8 Å². The molecule has 1 aromatic rings. The van der Waals surface area contributed by atoms with Crippen molar-refractivity contribution in [3.63, 3.8) is 0 Å². The molecule has 3 aliphatic rings. The van der Waals surface area contributed by atoms with E-state index in [0.717, 1.165) is 30.6 Å². The zero-order valence-corrected chi connectivity index (χ0v) is 14.2. The summed E-state index contributed by atoms with van der Waals surface area (Å²) in [5.41, 5.74) is 3.46. The van der Waals surface area contributed by atoms with E-state index < -0.39 is 12.1 Å². The minimum atomic E-state index is -0.685. The maximum absolute atomic E-state index is 12.8. The Labute approximate surface area is 141 Å². The predicted molar refractivity (Wildman–Crippen MR) is 88.0 cm³/mol. The Bertz CT molecular complexity index is 687. The fourth-order valence-electron chi connectivity index (χ4n) is 4.28. The Morgan fingerprint density at radius 3 is 2.50 bits per heavy atom. The van der Waals surface area contributed by atoms with Crippen LogP contribution in [-0.4, -0.2) is 41.1 Å². The largest absolute Gasteiger partial charge is 0.481 e. The van der Waals surface area contributed by atoms with Crippen LogP contribution in [0.4, 0.5) is 0 Å². The summed E-state index contributed by atoms with van der Waals surface area (Å²) in [5.74, 6) is -0.00951. The Hall–Kier alpha value is -2.04. The molecule has 2 fully saturated rings. The molecular formula is C19H23NO4. The number of hydrogen-bond acceptors (Lipinski definition) is 3. The third-order valence-corrected chi connectivity index (χ3v) is 6.19. The molecule has 4 rings (SSSR count). The number of carbonyl (C=O) groups is 2. The van der Waals surface area contributed by atoms with Crippen LogP contribution in [0.1, 0.15) is 36.0 Å². The first kappa shape index (κ1) is 15.5. The molecule has 0 aromatic heterocycles. The molecule has 1 saturated heterocycles. The topological polar surface area (TPSA) is 66.8 Å². The Balaban J connectivity index is 1.39. The van der Waals surface area contributed by atoms with E-state index >= 15 is 0 Å². The first-order valence-corrected chi connectivity index (χ1v) is 8.68. The second-order valence-corrected chi connectivity index (χ2v) is 7.64. The van der Waals surface area contributed by atoms with Gasteiger partial charge in [0.15, 0.2) is 6.10 Å². The van der Waals surface area contributed by atoms with Gasteiger partial charge in [0.1, 0.15) is 5.75 Å². The number of nitrogens with zero attached hydrogens (tertiary/aromatic N) is 1. The lowest BCUT2D eigenvalue weighted by atomic mass is 9.90. The highest BCUT2D eigenvalue weighted by atomic mass is 16.5. The van der Waals surface area contributed by atoms with Crippen LogP contribution in [0.15, 0.2) is 12.1 Å². The van der Waals surface area contributed by atoms with Gasteiger partial charge < -0.3 is 14.7 Å². The summed E-state index contributed by atoms with van der Waals surface area (Å²) in [5, 5.41) is 9.16. The number of amides is 1. The minimum Gasteiger partial charge on any atom is -0.481 e. The van der Waals surface area contributed by atoms with Gasteiger partial charge in [-0.1, -0.05) is 6.07 Å². The van der Waals surface area contributed by atoms with Crippen LogP contribution in [0.2, 0.25) is 0 Å². The van der Waals surface area contributed by atoms with E-state index in [9.17, 15) is 9.59 Å². The first-order valence-electron chi connectivity index (χ1n) is 8.68. The minimum absolute atomic E-state index is 0.0453. The van der Waals surface area contributed by atoms with Crippen LogP contribution in [0.5, 0.6) is 5.75 Å². The zero-order chi connectivity index (χ0) is 17.1. The molecular weight excluding hydrogens is 306 g/mol. The molecule has 128 valence electrons. The fourth-order valence-corrected chi connectivity index (χ4v) is 4.28. The van der Waals surface area contributed by atoms with E-state index in [1.807, 2.05) is 17.9 Å². The highest BCUT2D eigenvalue weighted by molar-refractivity contribution is 5.83. The lowest BCUT2D eigenvalue weighted by Gasteiger charge is -2.33. The Morgan fingerprint density at radius 2 is 1.88 bits per heavy atom. The monoisotopic (exact) mass is 329 g/mol. The van der Waals surface area contributed by atoms with Crippen molar-refractivity contribution in [2.45, 2.75) is 45.6 Å². The van der Waals surface area contributed by atoms with Crippen LogP contribution in [0, 0.1) is 25.2 Å². The fraction of sp³-hybridized carbons (Fsp3) is 0.579. The van der Waals surface area contributed by atoms with E-state index in [0.29, 0.717) is 19.5 Å². The van der Waals surface area contributed by atoms with Crippen LogP contribution >= 0.6 is 0 Å². The van der Waals surface area contributed by atoms with E-state index in [4.69, 9.17) is 9.84 Å². The Kier molecular flexibility index (Phi) is 3.37. The maximum Gasteiger partial charge on any atom is 0.307 e. The van der Waals surface area contributed by atoms with Crippen LogP contribution in [0.25, 0.3) is 0 Å². The van der Waals surface area contributed by atoms with Crippen LogP contribution < -0.4 is 4.74 Å². The summed E-state index contributed by atoms with van der Waals surface area (Å²) in [6.45, 7) is 5.42. The third kappa shape index (κ3) is 2.38. The van der Waals surface area contributed by atoms with Crippen LogP contribution in [-0.2, 0) is 16.0 Å². The number of benzene rings is 1. The Morgan fingerprint density at radius 1 is 1.21 bits per heavy atom. The number of ether oxygens (including phenoxy) is 1. The summed E-state index contributed by atoms with van der Waals surface area (Å²) in [4.78, 5) is 25.8. The van der Waals surface area contributed by atoms with Gasteiger partial charge in [-0.15, -0.1) is 0 Å². The van der Waals surface area contributed by atoms with Gasteiger partial charge in [-0.25, -0.2) is 0 Å². The summed E-state index contributed by atoms with van der Waals surface area (Å²) in [7, 11) is 0. The number of likely N-dealkylation sites (tertiary alicyclic amines) is 1. The summed E-state index contributed by atoms with van der Waals surface area (Å²) >= 11 is 0. The molecule has 0 bridgehead atoms. The van der Waals surface area contributed by atoms with E-state index in [1.165, 1.54) is 11.1 Å². The van der Waals surface area contributed by atoms with Gasteiger partial charge in [-0.05, 0) is 61.3 Å². The lowest BCUT2D eigenvalue weighted by molar-refractivity contribution is -0.141. The average molecular weight is 329 g/mol. The first-order chi connectivity index (χ1) is 11.4. The van der Waals surface area contributed by atoms with Gasteiger partial charge in [-0.2, -0.15) is 0 Å². The predicted octanol–water partition coefficient (Wildman–Crippen LogP) is 2.32. The number of rotatable bonds is 2. The number of piperidine rings is 1. The molecule has 1 spiro atoms. The molecule has 5 heteroatoms. The molecule has 1 aromatic carbocycles. The lowest BCUT2D eigenvalue weighted by Crippen LogP contribution is -2.46. The van der Waals surface area contributed by atoms with Crippen molar-refractivity contribution >= 4 is 11.9 Å². The summed E-state index contributed by atoms with van der Waals surface area (Å²) in [6, 6.07) is 4.13. The van der Waals surface area contributed by atoms with Crippen molar-refractivity contribution in [1.29, 1.82) is 0 Å². The average Bonchev–Trinajstić information content (AvgIpc) is 3.10. The molecule has 1 aliphatic carbocycles. The molecule has 1 amide bonds. The molecule has 2 atom stereocenters. The standard InChI is InChI=1S/C19H23NO4/c1-11-7-13-9-16(24-15(13)8-12(11)2)17(21)20-5-3-19(4-6-20)10-14(19)18(22)23/h7-8,14,16H,3-6,9-10H2,1-2H3,(H,22,23).